The van der Waals surface area contributed by atoms with Crippen molar-refractivity contribution in [3.05, 3.63) is 0 Å². The highest BCUT2D eigenvalue weighted by Gasteiger charge is 2.36. The second-order valence-corrected chi connectivity index (χ2v) is 6.97. The van der Waals surface area contributed by atoms with Gasteiger partial charge >= 0.3 is 6.09 Å². The molecule has 1 N–H and O–H groups in total. The second kappa shape index (κ2) is 6.22. The van der Waals surface area contributed by atoms with Gasteiger partial charge in [-0.3, -0.25) is 4.79 Å². The van der Waals surface area contributed by atoms with E-state index in [1.165, 1.54) is 0 Å². The lowest BCUT2D eigenvalue weighted by atomic mass is 10.0. The molecule has 0 spiro atoms. The zero-order valence-electron chi connectivity index (χ0n) is 13.2. The number of hydrogen-bond acceptors (Lipinski definition) is 4. The number of amides is 2. The molecule has 2 aliphatic heterocycles. The molecular formula is C15H26N2O4. The summed E-state index contributed by atoms with van der Waals surface area (Å²) >= 11 is 0. The summed E-state index contributed by atoms with van der Waals surface area (Å²) in [7, 11) is 0. The summed E-state index contributed by atoms with van der Waals surface area (Å²) in [5.74, 6) is -0.0271. The number of carbonyl (C=O) groups excluding carboxylic acids is 2. The lowest BCUT2D eigenvalue weighted by Gasteiger charge is -2.31. The minimum absolute atomic E-state index is 0.105. The average Bonchev–Trinajstić information content (AvgIpc) is 2.86. The maximum Gasteiger partial charge on any atom is 0.410 e. The molecule has 0 saturated carbocycles. The average molecular weight is 298 g/mol. The summed E-state index contributed by atoms with van der Waals surface area (Å²) in [5, 5.41) is 9.49. The zero-order chi connectivity index (χ0) is 15.6. The topological polar surface area (TPSA) is 70.1 Å². The molecule has 0 aromatic heterocycles. The number of likely N-dealkylation sites (tertiary alicyclic amines) is 2. The van der Waals surface area contributed by atoms with Crippen molar-refractivity contribution in [1.29, 1.82) is 0 Å². The van der Waals surface area contributed by atoms with Crippen molar-refractivity contribution < 1.29 is 19.4 Å². The molecule has 0 unspecified atom stereocenters. The Kier molecular flexibility index (Phi) is 4.76. The number of aliphatic hydroxyl groups is 1. The molecule has 0 aromatic rings. The largest absolute Gasteiger partial charge is 0.444 e. The van der Waals surface area contributed by atoms with E-state index >= 15 is 0 Å². The van der Waals surface area contributed by atoms with Gasteiger partial charge in [0.05, 0.1) is 12.0 Å². The van der Waals surface area contributed by atoms with Crippen LogP contribution in [0.25, 0.3) is 0 Å². The smallest absolute Gasteiger partial charge is 0.410 e. The lowest BCUT2D eigenvalue weighted by molar-refractivity contribution is -0.137. The fourth-order valence-electron chi connectivity index (χ4n) is 2.80. The maximum atomic E-state index is 12.4. The van der Waals surface area contributed by atoms with Crippen LogP contribution in [0.3, 0.4) is 0 Å². The first-order valence-electron chi connectivity index (χ1n) is 7.71. The fraction of sp³-hybridized carbons (Fsp3) is 0.867. The molecule has 0 bridgehead atoms. The summed E-state index contributed by atoms with van der Waals surface area (Å²) in [6, 6.07) is 0. The predicted octanol–water partition coefficient (Wildman–Crippen LogP) is 1.23. The van der Waals surface area contributed by atoms with Crippen molar-refractivity contribution in [3.8, 4) is 0 Å². The molecule has 2 fully saturated rings. The Balaban J connectivity index is 1.84. The van der Waals surface area contributed by atoms with E-state index in [-0.39, 0.29) is 24.0 Å². The molecular weight excluding hydrogens is 272 g/mol. The molecule has 2 aliphatic rings. The Bertz CT molecular complexity index is 397. The number of hydrogen-bond donors (Lipinski definition) is 1. The molecule has 2 rings (SSSR count). The molecule has 0 radical (unpaired) electrons. The molecule has 2 heterocycles. The van der Waals surface area contributed by atoms with Crippen LogP contribution in [0.2, 0.25) is 0 Å². The first-order valence-corrected chi connectivity index (χ1v) is 7.71. The molecule has 1 atom stereocenters. The summed E-state index contributed by atoms with van der Waals surface area (Å²) in [5.41, 5.74) is -0.512. The van der Waals surface area contributed by atoms with Crippen molar-refractivity contribution in [2.24, 2.45) is 5.92 Å². The standard InChI is InChI=1S/C15H26N2O4/c1-15(2,3)21-14(20)17-7-4-11(10-17)13(19)16-8-5-12(18)6-9-16/h11-12,18H,4-10H2,1-3H3/t11-/m0/s1. The molecule has 120 valence electrons. The van der Waals surface area contributed by atoms with Crippen LogP contribution in [-0.2, 0) is 9.53 Å². The second-order valence-electron chi connectivity index (χ2n) is 6.97. The highest BCUT2D eigenvalue weighted by Crippen LogP contribution is 2.23. The van der Waals surface area contributed by atoms with Gasteiger partial charge < -0.3 is 19.6 Å². The minimum Gasteiger partial charge on any atom is -0.444 e. The summed E-state index contributed by atoms with van der Waals surface area (Å²) in [6.45, 7) is 7.74. The van der Waals surface area contributed by atoms with E-state index in [4.69, 9.17) is 4.74 Å². The number of aliphatic hydroxyl groups excluding tert-OH is 1. The molecule has 21 heavy (non-hydrogen) atoms. The molecule has 6 heteroatoms. The van der Waals surface area contributed by atoms with Gasteiger partial charge in [-0.2, -0.15) is 0 Å². The molecule has 0 aromatic carbocycles. The Morgan fingerprint density at radius 1 is 1.05 bits per heavy atom. The van der Waals surface area contributed by atoms with Gasteiger partial charge in [-0.05, 0) is 40.0 Å². The van der Waals surface area contributed by atoms with Gasteiger partial charge in [0.1, 0.15) is 5.60 Å². The SMILES string of the molecule is CC(C)(C)OC(=O)N1CC[C@H](C(=O)N2CCC(O)CC2)C1. The van der Waals surface area contributed by atoms with E-state index in [1.54, 1.807) is 4.90 Å². The van der Waals surface area contributed by atoms with Gasteiger partial charge in [-0.1, -0.05) is 0 Å². The van der Waals surface area contributed by atoms with Gasteiger partial charge in [-0.15, -0.1) is 0 Å². The van der Waals surface area contributed by atoms with E-state index in [2.05, 4.69) is 0 Å². The van der Waals surface area contributed by atoms with Crippen LogP contribution in [0.5, 0.6) is 0 Å². The van der Waals surface area contributed by atoms with Gasteiger partial charge in [0.25, 0.3) is 0 Å². The number of nitrogens with zero attached hydrogens (tertiary/aromatic N) is 2. The third kappa shape index (κ3) is 4.33. The van der Waals surface area contributed by atoms with Crippen molar-refractivity contribution in [2.75, 3.05) is 26.2 Å². The maximum absolute atomic E-state index is 12.4. The summed E-state index contributed by atoms with van der Waals surface area (Å²) in [6.07, 6.45) is 1.36. The number of ether oxygens (including phenoxy) is 1. The quantitative estimate of drug-likeness (QED) is 0.790. The van der Waals surface area contributed by atoms with Crippen LogP contribution in [0.15, 0.2) is 0 Å². The highest BCUT2D eigenvalue weighted by molar-refractivity contribution is 5.80. The van der Waals surface area contributed by atoms with Crippen LogP contribution in [-0.4, -0.2) is 64.8 Å². The van der Waals surface area contributed by atoms with E-state index in [0.29, 0.717) is 45.4 Å². The van der Waals surface area contributed by atoms with Crippen LogP contribution in [0.1, 0.15) is 40.0 Å². The van der Waals surface area contributed by atoms with Crippen LogP contribution >= 0.6 is 0 Å². The molecule has 2 saturated heterocycles. The van der Waals surface area contributed by atoms with Crippen LogP contribution in [0, 0.1) is 5.92 Å². The summed E-state index contributed by atoms with van der Waals surface area (Å²) < 4.78 is 5.34. The third-order valence-electron chi connectivity index (χ3n) is 3.97. The molecule has 0 aliphatic carbocycles. The monoisotopic (exact) mass is 298 g/mol. The van der Waals surface area contributed by atoms with Gasteiger partial charge in [-0.25, -0.2) is 4.79 Å². The van der Waals surface area contributed by atoms with Crippen LogP contribution < -0.4 is 0 Å². The Morgan fingerprint density at radius 2 is 1.62 bits per heavy atom. The van der Waals surface area contributed by atoms with E-state index < -0.39 is 5.60 Å². The lowest BCUT2D eigenvalue weighted by Crippen LogP contribution is -2.44. The predicted molar refractivity (Wildman–Crippen MR) is 77.7 cm³/mol. The molecule has 2 amide bonds. The zero-order valence-corrected chi connectivity index (χ0v) is 13.2. The highest BCUT2D eigenvalue weighted by atomic mass is 16.6. The Labute approximate surface area is 126 Å². The van der Waals surface area contributed by atoms with Crippen molar-refractivity contribution in [1.82, 2.24) is 9.80 Å². The van der Waals surface area contributed by atoms with Crippen molar-refractivity contribution in [3.63, 3.8) is 0 Å². The Hall–Kier alpha value is -1.30. The van der Waals surface area contributed by atoms with E-state index in [9.17, 15) is 14.7 Å². The first kappa shape index (κ1) is 16.1. The third-order valence-corrected chi connectivity index (χ3v) is 3.97. The number of piperidine rings is 1. The van der Waals surface area contributed by atoms with Gasteiger partial charge in [0.2, 0.25) is 5.91 Å². The Morgan fingerprint density at radius 3 is 2.19 bits per heavy atom. The van der Waals surface area contributed by atoms with Gasteiger partial charge in [0, 0.05) is 26.2 Å². The summed E-state index contributed by atoms with van der Waals surface area (Å²) in [4.78, 5) is 27.9. The fourth-order valence-corrected chi connectivity index (χ4v) is 2.80. The number of carbonyl (C=O) groups is 2. The first-order chi connectivity index (χ1) is 9.76. The minimum atomic E-state index is -0.512. The number of rotatable bonds is 1. The van der Waals surface area contributed by atoms with Crippen LogP contribution in [0.4, 0.5) is 4.79 Å². The van der Waals surface area contributed by atoms with E-state index in [1.807, 2.05) is 25.7 Å². The van der Waals surface area contributed by atoms with Crippen molar-refractivity contribution in [2.45, 2.75) is 51.7 Å². The molecule has 6 nitrogen and oxygen atoms in total. The normalized spacial score (nSPS) is 24.3. The van der Waals surface area contributed by atoms with E-state index in [0.717, 1.165) is 0 Å². The van der Waals surface area contributed by atoms with Crippen molar-refractivity contribution >= 4 is 12.0 Å². The van der Waals surface area contributed by atoms with Gasteiger partial charge in [0.15, 0.2) is 0 Å².